The first kappa shape index (κ1) is 23.2. The van der Waals surface area contributed by atoms with Crippen molar-refractivity contribution in [2.75, 3.05) is 23.0 Å². The predicted octanol–water partition coefficient (Wildman–Crippen LogP) is 4.59. The molecule has 0 aliphatic heterocycles. The van der Waals surface area contributed by atoms with Crippen molar-refractivity contribution in [1.29, 1.82) is 0 Å². The minimum absolute atomic E-state index is 0.00532. The third-order valence-electron chi connectivity index (χ3n) is 5.11. The molecule has 4 rings (SSSR count). The van der Waals surface area contributed by atoms with Gasteiger partial charge in [0.1, 0.15) is 17.2 Å². The quantitative estimate of drug-likeness (QED) is 0.377. The zero-order chi connectivity index (χ0) is 24.6. The lowest BCUT2D eigenvalue weighted by molar-refractivity contribution is 0.261. The van der Waals surface area contributed by atoms with Crippen LogP contribution in [0.3, 0.4) is 0 Å². The van der Waals surface area contributed by atoms with Gasteiger partial charge in [-0.1, -0.05) is 30.6 Å². The second kappa shape index (κ2) is 9.10. The summed E-state index contributed by atoms with van der Waals surface area (Å²) in [7, 11) is 3.23. The number of halogens is 2. The van der Waals surface area contributed by atoms with Crippen LogP contribution in [0, 0.1) is 5.82 Å². The van der Waals surface area contributed by atoms with Gasteiger partial charge >= 0.3 is 6.03 Å². The van der Waals surface area contributed by atoms with E-state index in [1.807, 2.05) is 13.8 Å². The fourth-order valence-corrected chi connectivity index (χ4v) is 3.55. The van der Waals surface area contributed by atoms with Crippen molar-refractivity contribution in [3.8, 4) is 11.1 Å². The number of rotatable bonds is 5. The number of hydrogen-bond acceptors (Lipinski definition) is 7. The molecule has 0 atom stereocenters. The predicted molar refractivity (Wildman–Crippen MR) is 128 cm³/mol. The van der Waals surface area contributed by atoms with Crippen LogP contribution in [0.4, 0.5) is 26.6 Å². The fraction of sp³-hybridized carbons (Fsp3) is 0.227. The zero-order valence-corrected chi connectivity index (χ0v) is 19.5. The van der Waals surface area contributed by atoms with Crippen molar-refractivity contribution < 1.29 is 13.7 Å². The molecule has 0 saturated heterocycles. The van der Waals surface area contributed by atoms with Gasteiger partial charge in [-0.3, -0.25) is 14.7 Å². The van der Waals surface area contributed by atoms with Crippen molar-refractivity contribution in [2.24, 2.45) is 7.05 Å². The van der Waals surface area contributed by atoms with E-state index in [2.05, 4.69) is 31.1 Å². The number of aryl methyl sites for hydroxylation is 1. The van der Waals surface area contributed by atoms with Crippen LogP contribution in [0.15, 0.2) is 39.8 Å². The highest BCUT2D eigenvalue weighted by molar-refractivity contribution is 6.33. The second-order valence-electron chi connectivity index (χ2n) is 7.80. The van der Waals surface area contributed by atoms with Crippen molar-refractivity contribution in [1.82, 2.24) is 19.7 Å². The number of nitrogens with one attached hydrogen (secondary N) is 3. The maximum Gasteiger partial charge on any atom is 0.325 e. The summed E-state index contributed by atoms with van der Waals surface area (Å²) in [6.45, 7) is 3.83. The van der Waals surface area contributed by atoms with E-state index in [0.29, 0.717) is 22.7 Å². The second-order valence-corrected chi connectivity index (χ2v) is 8.21. The van der Waals surface area contributed by atoms with E-state index in [4.69, 9.17) is 16.1 Å². The molecule has 0 saturated carbocycles. The number of urea groups is 1. The van der Waals surface area contributed by atoms with Crippen LogP contribution in [0.5, 0.6) is 0 Å². The summed E-state index contributed by atoms with van der Waals surface area (Å²) in [5, 5.41) is 12.1. The van der Waals surface area contributed by atoms with Gasteiger partial charge in [0.2, 0.25) is 5.95 Å². The van der Waals surface area contributed by atoms with E-state index in [-0.39, 0.29) is 33.6 Å². The normalized spacial score (nSPS) is 11.1. The molecular weight excluding hydrogens is 465 g/mol. The summed E-state index contributed by atoms with van der Waals surface area (Å²) in [5.41, 5.74) is 0.274. The molecule has 12 heteroatoms. The Labute approximate surface area is 198 Å². The van der Waals surface area contributed by atoms with Gasteiger partial charge in [0.15, 0.2) is 5.82 Å². The molecule has 0 fully saturated rings. The number of fused-ring (bicyclic) bond motifs is 1. The third kappa shape index (κ3) is 4.42. The molecule has 3 N–H and O–H groups in total. The van der Waals surface area contributed by atoms with Gasteiger partial charge in [-0.25, -0.2) is 14.2 Å². The molecule has 4 aromatic rings. The van der Waals surface area contributed by atoms with Gasteiger partial charge in [-0.2, -0.15) is 4.98 Å². The number of benzene rings is 1. The Hall–Kier alpha value is -3.99. The molecule has 0 unspecified atom stereocenters. The average molecular weight is 486 g/mol. The van der Waals surface area contributed by atoms with Crippen molar-refractivity contribution in [3.05, 3.63) is 57.4 Å². The first-order chi connectivity index (χ1) is 16.2. The lowest BCUT2D eigenvalue weighted by Crippen LogP contribution is -2.21. The summed E-state index contributed by atoms with van der Waals surface area (Å²) in [4.78, 5) is 33.9. The lowest BCUT2D eigenvalue weighted by Gasteiger charge is -2.13. The number of nitrogens with zero attached hydrogens (tertiary/aromatic N) is 4. The highest BCUT2D eigenvalue weighted by atomic mass is 35.5. The fourth-order valence-electron chi connectivity index (χ4n) is 3.30. The van der Waals surface area contributed by atoms with E-state index >= 15 is 0 Å². The van der Waals surface area contributed by atoms with Crippen LogP contribution in [-0.4, -0.2) is 32.8 Å². The molecular formula is C22H21ClFN7O3. The Balaban J connectivity index is 1.69. The largest absolute Gasteiger partial charge is 0.359 e. The van der Waals surface area contributed by atoms with E-state index in [1.54, 1.807) is 32.4 Å². The molecule has 1 aromatic carbocycles. The van der Waals surface area contributed by atoms with Gasteiger partial charge in [-0.15, -0.1) is 0 Å². The van der Waals surface area contributed by atoms with Crippen LogP contribution in [0.1, 0.15) is 25.5 Å². The highest BCUT2D eigenvalue weighted by Gasteiger charge is 2.18. The summed E-state index contributed by atoms with van der Waals surface area (Å²) in [6.07, 6.45) is 1.56. The average Bonchev–Trinajstić information content (AvgIpc) is 3.27. The number of carbonyl (C=O) groups is 1. The Morgan fingerprint density at radius 1 is 1.18 bits per heavy atom. The van der Waals surface area contributed by atoms with Crippen LogP contribution >= 0.6 is 11.6 Å². The Morgan fingerprint density at radius 3 is 2.62 bits per heavy atom. The van der Waals surface area contributed by atoms with Gasteiger partial charge in [-0.05, 0) is 18.2 Å². The molecule has 10 nitrogen and oxygen atoms in total. The van der Waals surface area contributed by atoms with Crippen molar-refractivity contribution in [3.63, 3.8) is 0 Å². The SMILES string of the molecule is CNc1ncc2cc(-c3cc(NC(=O)Nc4cc(C(C)C)on4)c(F)cc3Cl)c(=O)n(C)c2n1. The first-order valence-corrected chi connectivity index (χ1v) is 10.6. The Bertz CT molecular complexity index is 1470. The molecule has 3 aromatic heterocycles. The minimum atomic E-state index is -0.772. The number of aromatic nitrogens is 4. The van der Waals surface area contributed by atoms with Crippen LogP contribution < -0.4 is 21.5 Å². The number of anilines is 3. The van der Waals surface area contributed by atoms with E-state index < -0.39 is 17.4 Å². The van der Waals surface area contributed by atoms with Crippen LogP contribution in [0.2, 0.25) is 5.02 Å². The topological polar surface area (TPSA) is 127 Å². The Kier molecular flexibility index (Phi) is 6.20. The van der Waals surface area contributed by atoms with Crippen molar-refractivity contribution >= 4 is 46.1 Å². The number of hydrogen-bond donors (Lipinski definition) is 3. The van der Waals surface area contributed by atoms with E-state index in [9.17, 15) is 14.0 Å². The smallest absolute Gasteiger partial charge is 0.325 e. The molecule has 0 aliphatic carbocycles. The molecule has 3 heterocycles. The van der Waals surface area contributed by atoms with Gasteiger partial charge in [0.25, 0.3) is 5.56 Å². The van der Waals surface area contributed by atoms with Crippen LogP contribution in [-0.2, 0) is 7.05 Å². The number of carbonyl (C=O) groups excluding carboxylic acids is 1. The molecule has 2 amide bonds. The van der Waals surface area contributed by atoms with Crippen molar-refractivity contribution in [2.45, 2.75) is 19.8 Å². The third-order valence-corrected chi connectivity index (χ3v) is 5.42. The maximum atomic E-state index is 14.6. The highest BCUT2D eigenvalue weighted by Crippen LogP contribution is 2.32. The first-order valence-electron chi connectivity index (χ1n) is 10.3. The standard InChI is InChI=1S/C22H21ClFN7O3/c1-10(2)17-8-18(30-34-17)28-22(33)27-16-6-12(14(23)7-15(16)24)13-5-11-9-26-21(25-3)29-19(11)31(4)20(13)32/h5-10H,1-4H3,(H,25,26,29)(H2,27,28,30,33). The van der Waals surface area contributed by atoms with E-state index in [1.165, 1.54) is 10.6 Å². The molecule has 0 spiro atoms. The summed E-state index contributed by atoms with van der Waals surface area (Å²) >= 11 is 6.28. The number of pyridine rings is 1. The summed E-state index contributed by atoms with van der Waals surface area (Å²) in [5.74, 6) is 0.447. The van der Waals surface area contributed by atoms with Gasteiger partial charge in [0, 0.05) is 48.8 Å². The van der Waals surface area contributed by atoms with Gasteiger partial charge < -0.3 is 15.2 Å². The molecule has 0 bridgehead atoms. The lowest BCUT2D eigenvalue weighted by atomic mass is 10.0. The summed E-state index contributed by atoms with van der Waals surface area (Å²) in [6, 6.07) is 4.74. The number of amides is 2. The molecule has 0 aliphatic rings. The maximum absolute atomic E-state index is 14.6. The zero-order valence-electron chi connectivity index (χ0n) is 18.7. The summed E-state index contributed by atoms with van der Waals surface area (Å²) < 4.78 is 21.1. The monoisotopic (exact) mass is 485 g/mol. The molecule has 34 heavy (non-hydrogen) atoms. The molecule has 176 valence electrons. The van der Waals surface area contributed by atoms with Gasteiger partial charge in [0.05, 0.1) is 10.7 Å². The minimum Gasteiger partial charge on any atom is -0.359 e. The molecule has 0 radical (unpaired) electrons. The Morgan fingerprint density at radius 2 is 1.94 bits per heavy atom. The van der Waals surface area contributed by atoms with E-state index in [0.717, 1.165) is 6.07 Å². The van der Waals surface area contributed by atoms with Crippen LogP contribution in [0.25, 0.3) is 22.2 Å².